The van der Waals surface area contributed by atoms with E-state index in [2.05, 4.69) is 38.1 Å². The Kier molecular flexibility index (Phi) is 3.81. The van der Waals surface area contributed by atoms with Crippen LogP contribution in [0, 0.1) is 11.8 Å². The van der Waals surface area contributed by atoms with E-state index in [1.807, 2.05) is 25.1 Å². The molecule has 4 atom stereocenters. The highest BCUT2D eigenvalue weighted by Gasteiger charge is 2.41. The Morgan fingerprint density at radius 3 is 2.43 bits per heavy atom. The van der Waals surface area contributed by atoms with Crippen molar-refractivity contribution in [3.63, 3.8) is 0 Å². The van der Waals surface area contributed by atoms with Crippen molar-refractivity contribution in [3.8, 4) is 0 Å². The summed E-state index contributed by atoms with van der Waals surface area (Å²) in [5, 5.41) is 2.38. The largest absolute Gasteiger partial charge is 0.375 e. The lowest BCUT2D eigenvalue weighted by Crippen LogP contribution is -2.28. The van der Waals surface area contributed by atoms with Gasteiger partial charge in [0, 0.05) is 12.3 Å². The first-order valence-corrected chi connectivity index (χ1v) is 7.72. The highest BCUT2D eigenvalue weighted by molar-refractivity contribution is 5.92. The second kappa shape index (κ2) is 5.61. The minimum atomic E-state index is 0.0129. The molecule has 0 saturated carbocycles. The summed E-state index contributed by atoms with van der Waals surface area (Å²) in [5.41, 5.74) is 1.12. The molecule has 2 aromatic rings. The van der Waals surface area contributed by atoms with Crippen LogP contribution in [0.3, 0.4) is 0 Å². The molecule has 0 radical (unpaired) electrons. The molecule has 2 aromatic carbocycles. The third-order valence-electron chi connectivity index (χ3n) is 4.86. The minimum Gasteiger partial charge on any atom is -0.375 e. The zero-order valence-electron chi connectivity index (χ0n) is 12.9. The molecule has 1 aliphatic heterocycles. The molecule has 1 aliphatic rings. The van der Waals surface area contributed by atoms with Crippen molar-refractivity contribution >= 4 is 16.6 Å². The Morgan fingerprint density at radius 2 is 1.71 bits per heavy atom. The maximum absolute atomic E-state index is 12.7. The van der Waals surface area contributed by atoms with E-state index < -0.39 is 0 Å². The van der Waals surface area contributed by atoms with Crippen LogP contribution in [0.25, 0.3) is 10.8 Å². The summed E-state index contributed by atoms with van der Waals surface area (Å²) >= 11 is 0. The van der Waals surface area contributed by atoms with E-state index in [9.17, 15) is 4.79 Å². The number of rotatable bonds is 3. The summed E-state index contributed by atoms with van der Waals surface area (Å²) in [4.78, 5) is 12.7. The Bertz CT molecular complexity index is 656. The van der Waals surface area contributed by atoms with Crippen LogP contribution in [0.4, 0.5) is 0 Å². The van der Waals surface area contributed by atoms with E-state index in [4.69, 9.17) is 4.74 Å². The van der Waals surface area contributed by atoms with E-state index in [1.54, 1.807) is 0 Å². The van der Waals surface area contributed by atoms with Gasteiger partial charge < -0.3 is 4.74 Å². The van der Waals surface area contributed by atoms with Crippen LogP contribution in [-0.4, -0.2) is 18.0 Å². The van der Waals surface area contributed by atoms with Gasteiger partial charge in [-0.15, -0.1) is 0 Å². The molecule has 0 spiro atoms. The number of carbonyl (C=O) groups is 1. The molecule has 0 N–H and O–H groups in total. The molecular formula is C19H22O2. The van der Waals surface area contributed by atoms with Crippen molar-refractivity contribution < 1.29 is 9.53 Å². The van der Waals surface area contributed by atoms with E-state index >= 15 is 0 Å². The molecule has 1 heterocycles. The predicted octanol–water partition coefficient (Wildman–Crippen LogP) is 4.01. The first-order valence-electron chi connectivity index (χ1n) is 7.72. The van der Waals surface area contributed by atoms with Gasteiger partial charge in [0.1, 0.15) is 5.78 Å². The molecule has 0 aromatic heterocycles. The fourth-order valence-electron chi connectivity index (χ4n) is 3.57. The highest BCUT2D eigenvalue weighted by Crippen LogP contribution is 2.34. The third kappa shape index (κ3) is 2.60. The molecule has 0 amide bonds. The molecule has 4 unspecified atom stereocenters. The van der Waals surface area contributed by atoms with Gasteiger partial charge in [-0.25, -0.2) is 0 Å². The molecule has 0 bridgehead atoms. The van der Waals surface area contributed by atoms with Gasteiger partial charge >= 0.3 is 0 Å². The Hall–Kier alpha value is -1.67. The number of fused-ring (bicyclic) bond motifs is 1. The Morgan fingerprint density at radius 1 is 1.00 bits per heavy atom. The molecule has 1 fully saturated rings. The van der Waals surface area contributed by atoms with Crippen molar-refractivity contribution in [3.05, 3.63) is 48.0 Å². The van der Waals surface area contributed by atoms with Gasteiger partial charge in [0.05, 0.1) is 12.2 Å². The molecule has 2 heteroatoms. The summed E-state index contributed by atoms with van der Waals surface area (Å²) < 4.78 is 5.81. The smallest absolute Gasteiger partial charge is 0.143 e. The van der Waals surface area contributed by atoms with Gasteiger partial charge in [0.25, 0.3) is 0 Å². The number of hydrogen-bond acceptors (Lipinski definition) is 2. The third-order valence-corrected chi connectivity index (χ3v) is 4.86. The van der Waals surface area contributed by atoms with Crippen LogP contribution in [-0.2, 0) is 16.0 Å². The molecule has 21 heavy (non-hydrogen) atoms. The summed E-state index contributed by atoms with van der Waals surface area (Å²) in [6, 6.07) is 14.4. The molecule has 0 aliphatic carbocycles. The van der Waals surface area contributed by atoms with Crippen LogP contribution in [0.2, 0.25) is 0 Å². The maximum Gasteiger partial charge on any atom is 0.143 e. The number of ketones is 1. The average molecular weight is 282 g/mol. The fourth-order valence-corrected chi connectivity index (χ4v) is 3.57. The van der Waals surface area contributed by atoms with Crippen molar-refractivity contribution in [2.75, 3.05) is 0 Å². The van der Waals surface area contributed by atoms with Crippen molar-refractivity contribution in [2.24, 2.45) is 11.8 Å². The number of benzene rings is 2. The number of Topliss-reactive ketones (excluding diaryl/α,β-unsaturated/α-hetero) is 1. The van der Waals surface area contributed by atoms with E-state index in [0.717, 1.165) is 5.56 Å². The van der Waals surface area contributed by atoms with Crippen molar-refractivity contribution in [2.45, 2.75) is 39.4 Å². The topological polar surface area (TPSA) is 26.3 Å². The second-order valence-electron chi connectivity index (χ2n) is 6.21. The van der Waals surface area contributed by atoms with Gasteiger partial charge in [0.15, 0.2) is 0 Å². The number of carbonyl (C=O) groups excluding carboxylic acids is 1. The summed E-state index contributed by atoms with van der Waals surface area (Å²) in [6.45, 7) is 6.21. The zero-order chi connectivity index (χ0) is 15.0. The number of ether oxygens (including phenoxy) is 1. The van der Waals surface area contributed by atoms with Crippen LogP contribution in [0.15, 0.2) is 42.5 Å². The normalized spacial score (nSPS) is 28.9. The van der Waals surface area contributed by atoms with Gasteiger partial charge in [-0.05, 0) is 36.1 Å². The van der Waals surface area contributed by atoms with Crippen LogP contribution < -0.4 is 0 Å². The van der Waals surface area contributed by atoms with Gasteiger partial charge in [0.2, 0.25) is 0 Å². The van der Waals surface area contributed by atoms with E-state index in [1.165, 1.54) is 10.8 Å². The van der Waals surface area contributed by atoms with Crippen LogP contribution >= 0.6 is 0 Å². The van der Waals surface area contributed by atoms with Gasteiger partial charge in [-0.2, -0.15) is 0 Å². The Balaban J connectivity index is 1.87. The molecular weight excluding hydrogens is 260 g/mol. The maximum atomic E-state index is 12.7. The lowest BCUT2D eigenvalue weighted by molar-refractivity contribution is -0.124. The van der Waals surface area contributed by atoms with Crippen molar-refractivity contribution in [1.29, 1.82) is 0 Å². The summed E-state index contributed by atoms with van der Waals surface area (Å²) in [6.07, 6.45) is 0.690. The number of hydrogen-bond donors (Lipinski definition) is 0. The monoisotopic (exact) mass is 282 g/mol. The van der Waals surface area contributed by atoms with Crippen LogP contribution in [0.5, 0.6) is 0 Å². The lowest BCUT2D eigenvalue weighted by Gasteiger charge is -2.17. The predicted molar refractivity (Wildman–Crippen MR) is 85.3 cm³/mol. The molecule has 110 valence electrons. The van der Waals surface area contributed by atoms with E-state index in [-0.39, 0.29) is 18.1 Å². The SMILES string of the molecule is CC1OC(C)C(C(=O)Cc2cccc3ccccc23)C1C. The zero-order valence-corrected chi connectivity index (χ0v) is 12.9. The first kappa shape index (κ1) is 14.3. The molecule has 1 saturated heterocycles. The summed E-state index contributed by atoms with van der Waals surface area (Å²) in [5.74, 6) is 0.608. The van der Waals surface area contributed by atoms with Crippen molar-refractivity contribution in [1.82, 2.24) is 0 Å². The minimum absolute atomic E-state index is 0.0129. The molecule has 2 nitrogen and oxygen atoms in total. The average Bonchev–Trinajstić information content (AvgIpc) is 2.72. The first-order chi connectivity index (χ1) is 10.1. The lowest BCUT2D eigenvalue weighted by atomic mass is 9.83. The van der Waals surface area contributed by atoms with Gasteiger partial charge in [-0.1, -0.05) is 49.4 Å². The Labute approximate surface area is 126 Å². The van der Waals surface area contributed by atoms with Crippen LogP contribution in [0.1, 0.15) is 26.3 Å². The van der Waals surface area contributed by atoms with Gasteiger partial charge in [-0.3, -0.25) is 4.79 Å². The molecule has 3 rings (SSSR count). The quantitative estimate of drug-likeness (QED) is 0.850. The van der Waals surface area contributed by atoms with E-state index in [0.29, 0.717) is 18.1 Å². The standard InChI is InChI=1S/C19H22O2/c1-12-13(2)21-14(3)19(12)18(20)11-16-9-6-8-15-7-4-5-10-17(15)16/h4-10,12-14,19H,11H2,1-3H3. The second-order valence-corrected chi connectivity index (χ2v) is 6.21. The fraction of sp³-hybridized carbons (Fsp3) is 0.421. The highest BCUT2D eigenvalue weighted by atomic mass is 16.5. The summed E-state index contributed by atoms with van der Waals surface area (Å²) in [7, 11) is 0.